The molecule has 1 heterocycles. The standard InChI is InChI=1S/C20H28N2O/c1-3-4-5-6-7-11-14-18-19(21-16(2)20(23)22-18)15-17-12-9-8-10-13-17/h8-10,12-13H,3-7,11,14-15H2,1-2H3,(H,22,23). The van der Waals surface area contributed by atoms with Crippen molar-refractivity contribution in [3.63, 3.8) is 0 Å². The lowest BCUT2D eigenvalue weighted by atomic mass is 10.0. The molecule has 0 saturated heterocycles. The highest BCUT2D eigenvalue weighted by atomic mass is 16.1. The molecule has 0 radical (unpaired) electrons. The molecular weight excluding hydrogens is 284 g/mol. The maximum Gasteiger partial charge on any atom is 0.269 e. The lowest BCUT2D eigenvalue weighted by Crippen LogP contribution is -2.18. The van der Waals surface area contributed by atoms with E-state index in [-0.39, 0.29) is 5.56 Å². The fourth-order valence-corrected chi connectivity index (χ4v) is 2.84. The van der Waals surface area contributed by atoms with Gasteiger partial charge in [0.2, 0.25) is 0 Å². The molecule has 0 amide bonds. The van der Waals surface area contributed by atoms with Gasteiger partial charge in [0.15, 0.2) is 0 Å². The first-order valence-corrected chi connectivity index (χ1v) is 8.83. The van der Waals surface area contributed by atoms with Gasteiger partial charge in [-0.2, -0.15) is 0 Å². The summed E-state index contributed by atoms with van der Waals surface area (Å²) in [5, 5.41) is 0. The number of nitrogens with zero attached hydrogens (tertiary/aromatic N) is 1. The van der Waals surface area contributed by atoms with Crippen LogP contribution >= 0.6 is 0 Å². The predicted molar refractivity (Wildman–Crippen MR) is 95.9 cm³/mol. The highest BCUT2D eigenvalue weighted by Crippen LogP contribution is 2.14. The van der Waals surface area contributed by atoms with Gasteiger partial charge in [-0.05, 0) is 25.3 Å². The summed E-state index contributed by atoms with van der Waals surface area (Å²) in [5.74, 6) is 0. The molecule has 124 valence electrons. The van der Waals surface area contributed by atoms with Gasteiger partial charge in [0.25, 0.3) is 5.56 Å². The van der Waals surface area contributed by atoms with Gasteiger partial charge in [0, 0.05) is 12.1 Å². The Balaban J connectivity index is 2.02. The Bertz CT molecular complexity index is 646. The van der Waals surface area contributed by atoms with Gasteiger partial charge in [-0.25, -0.2) is 0 Å². The van der Waals surface area contributed by atoms with E-state index in [1.54, 1.807) is 6.92 Å². The Hall–Kier alpha value is -1.90. The Morgan fingerprint density at radius 2 is 1.70 bits per heavy atom. The zero-order valence-electron chi connectivity index (χ0n) is 14.4. The zero-order chi connectivity index (χ0) is 16.5. The summed E-state index contributed by atoms with van der Waals surface area (Å²) in [6.45, 7) is 4.01. The SMILES string of the molecule is CCCCCCCCc1[nH]c(=O)c(C)nc1Cc1ccccc1. The Morgan fingerprint density at radius 3 is 2.43 bits per heavy atom. The van der Waals surface area contributed by atoms with Gasteiger partial charge in [0.1, 0.15) is 5.69 Å². The second-order valence-electron chi connectivity index (χ2n) is 6.26. The first-order valence-electron chi connectivity index (χ1n) is 8.83. The average molecular weight is 312 g/mol. The lowest BCUT2D eigenvalue weighted by molar-refractivity contribution is 0.602. The molecule has 3 heteroatoms. The zero-order valence-corrected chi connectivity index (χ0v) is 14.4. The van der Waals surface area contributed by atoms with Crippen molar-refractivity contribution >= 4 is 0 Å². The van der Waals surface area contributed by atoms with E-state index in [4.69, 9.17) is 0 Å². The molecule has 0 atom stereocenters. The van der Waals surface area contributed by atoms with Crippen LogP contribution in [0.3, 0.4) is 0 Å². The number of unbranched alkanes of at least 4 members (excludes halogenated alkanes) is 5. The van der Waals surface area contributed by atoms with Crippen molar-refractivity contribution in [1.82, 2.24) is 9.97 Å². The first-order chi connectivity index (χ1) is 11.2. The van der Waals surface area contributed by atoms with E-state index in [2.05, 4.69) is 29.0 Å². The van der Waals surface area contributed by atoms with Crippen LogP contribution in [0.15, 0.2) is 35.1 Å². The fourth-order valence-electron chi connectivity index (χ4n) is 2.84. The van der Waals surface area contributed by atoms with Crippen molar-refractivity contribution in [2.45, 2.75) is 65.2 Å². The molecule has 0 aliphatic heterocycles. The number of hydrogen-bond donors (Lipinski definition) is 1. The first kappa shape index (κ1) is 17.5. The quantitative estimate of drug-likeness (QED) is 0.689. The molecule has 0 aliphatic carbocycles. The summed E-state index contributed by atoms with van der Waals surface area (Å²) in [7, 11) is 0. The van der Waals surface area contributed by atoms with E-state index in [0.717, 1.165) is 30.7 Å². The smallest absolute Gasteiger partial charge is 0.269 e. The van der Waals surface area contributed by atoms with Crippen molar-refractivity contribution in [2.75, 3.05) is 0 Å². The summed E-state index contributed by atoms with van der Waals surface area (Å²) in [4.78, 5) is 19.5. The summed E-state index contributed by atoms with van der Waals surface area (Å²) in [5.41, 5.74) is 3.77. The van der Waals surface area contributed by atoms with Gasteiger partial charge in [-0.3, -0.25) is 9.78 Å². The van der Waals surface area contributed by atoms with Crippen LogP contribution in [0.5, 0.6) is 0 Å². The van der Waals surface area contributed by atoms with Crippen LogP contribution in [-0.2, 0) is 12.8 Å². The van der Waals surface area contributed by atoms with Crippen molar-refractivity contribution in [3.05, 3.63) is 63.3 Å². The van der Waals surface area contributed by atoms with Gasteiger partial charge < -0.3 is 4.98 Å². The van der Waals surface area contributed by atoms with E-state index < -0.39 is 0 Å². The molecule has 0 bridgehead atoms. The number of aryl methyl sites for hydroxylation is 2. The third-order valence-corrected chi connectivity index (χ3v) is 4.24. The van der Waals surface area contributed by atoms with Gasteiger partial charge in [0.05, 0.1) is 5.69 Å². The second-order valence-corrected chi connectivity index (χ2v) is 6.26. The van der Waals surface area contributed by atoms with Crippen LogP contribution in [-0.4, -0.2) is 9.97 Å². The summed E-state index contributed by atoms with van der Waals surface area (Å²) >= 11 is 0. The maximum atomic E-state index is 11.9. The van der Waals surface area contributed by atoms with Crippen molar-refractivity contribution in [2.24, 2.45) is 0 Å². The molecule has 0 fully saturated rings. The predicted octanol–water partition coefficient (Wildman–Crippen LogP) is 4.57. The molecule has 23 heavy (non-hydrogen) atoms. The molecule has 1 aromatic heterocycles. The average Bonchev–Trinajstić information content (AvgIpc) is 2.56. The lowest BCUT2D eigenvalue weighted by Gasteiger charge is -2.10. The molecule has 0 spiro atoms. The third-order valence-electron chi connectivity index (χ3n) is 4.24. The van der Waals surface area contributed by atoms with E-state index in [9.17, 15) is 4.79 Å². The van der Waals surface area contributed by atoms with Crippen molar-refractivity contribution in [1.29, 1.82) is 0 Å². The number of nitrogens with one attached hydrogen (secondary N) is 1. The molecule has 0 saturated carbocycles. The normalized spacial score (nSPS) is 10.9. The number of H-pyrrole nitrogens is 1. The molecule has 2 rings (SSSR count). The van der Waals surface area contributed by atoms with Crippen LogP contribution in [0.4, 0.5) is 0 Å². The van der Waals surface area contributed by atoms with Crippen molar-refractivity contribution < 1.29 is 0 Å². The minimum atomic E-state index is -0.0530. The fraction of sp³-hybridized carbons (Fsp3) is 0.500. The minimum Gasteiger partial charge on any atom is -0.323 e. The highest BCUT2D eigenvalue weighted by molar-refractivity contribution is 5.25. The van der Waals surface area contributed by atoms with Crippen LogP contribution in [0.2, 0.25) is 0 Å². The molecule has 1 aromatic carbocycles. The number of rotatable bonds is 9. The summed E-state index contributed by atoms with van der Waals surface area (Å²) < 4.78 is 0. The monoisotopic (exact) mass is 312 g/mol. The third kappa shape index (κ3) is 5.66. The van der Waals surface area contributed by atoms with Crippen LogP contribution in [0.25, 0.3) is 0 Å². The van der Waals surface area contributed by atoms with E-state index >= 15 is 0 Å². The topological polar surface area (TPSA) is 45.8 Å². The minimum absolute atomic E-state index is 0.0530. The van der Waals surface area contributed by atoms with E-state index in [1.807, 2.05) is 18.2 Å². The Morgan fingerprint density at radius 1 is 1.00 bits per heavy atom. The number of hydrogen-bond acceptors (Lipinski definition) is 2. The maximum absolute atomic E-state index is 11.9. The number of aromatic nitrogens is 2. The van der Waals surface area contributed by atoms with Crippen LogP contribution in [0.1, 0.15) is 68.1 Å². The summed E-state index contributed by atoms with van der Waals surface area (Å²) in [6.07, 6.45) is 9.23. The van der Waals surface area contributed by atoms with Crippen LogP contribution in [0, 0.1) is 6.92 Å². The molecule has 3 nitrogen and oxygen atoms in total. The molecule has 1 N–H and O–H groups in total. The molecule has 0 unspecified atom stereocenters. The molecule has 2 aromatic rings. The van der Waals surface area contributed by atoms with E-state index in [0.29, 0.717) is 5.69 Å². The van der Waals surface area contributed by atoms with Gasteiger partial charge >= 0.3 is 0 Å². The van der Waals surface area contributed by atoms with Crippen molar-refractivity contribution in [3.8, 4) is 0 Å². The summed E-state index contributed by atoms with van der Waals surface area (Å²) in [6, 6.07) is 10.3. The number of benzene rings is 1. The number of aromatic amines is 1. The Kier molecular flexibility index (Phi) is 7.05. The molecular formula is C20H28N2O. The highest BCUT2D eigenvalue weighted by Gasteiger charge is 2.09. The molecule has 0 aliphatic rings. The van der Waals surface area contributed by atoms with Gasteiger partial charge in [-0.1, -0.05) is 69.4 Å². The van der Waals surface area contributed by atoms with E-state index in [1.165, 1.54) is 37.7 Å². The second kappa shape index (κ2) is 9.29. The largest absolute Gasteiger partial charge is 0.323 e. The van der Waals surface area contributed by atoms with Gasteiger partial charge in [-0.15, -0.1) is 0 Å². The Labute approximate surface area is 139 Å². The van der Waals surface area contributed by atoms with Crippen LogP contribution < -0.4 is 5.56 Å².